The van der Waals surface area contributed by atoms with Crippen LogP contribution in [0.15, 0.2) is 18.2 Å². The Hall–Kier alpha value is -0.820. The molecule has 94 valence electrons. The van der Waals surface area contributed by atoms with E-state index in [2.05, 4.69) is 44.3 Å². The summed E-state index contributed by atoms with van der Waals surface area (Å²) < 4.78 is 0. The molecule has 2 rings (SSSR count). The van der Waals surface area contributed by atoms with Crippen molar-refractivity contribution in [3.05, 3.63) is 34.9 Å². The first-order valence-corrected chi connectivity index (χ1v) is 6.98. The molecule has 0 saturated heterocycles. The summed E-state index contributed by atoms with van der Waals surface area (Å²) in [7, 11) is 0. The van der Waals surface area contributed by atoms with Crippen molar-refractivity contribution in [3.63, 3.8) is 0 Å². The van der Waals surface area contributed by atoms with Crippen molar-refractivity contribution in [2.24, 2.45) is 5.92 Å². The summed E-state index contributed by atoms with van der Waals surface area (Å²) in [6.45, 7) is 7.72. The minimum absolute atomic E-state index is 0.775. The van der Waals surface area contributed by atoms with Gasteiger partial charge in [-0.15, -0.1) is 0 Å². The van der Waals surface area contributed by atoms with E-state index in [1.54, 1.807) is 0 Å². The van der Waals surface area contributed by atoms with Crippen LogP contribution in [0.3, 0.4) is 0 Å². The summed E-state index contributed by atoms with van der Waals surface area (Å²) in [4.78, 5) is 0. The van der Waals surface area contributed by atoms with Crippen LogP contribution in [0.1, 0.15) is 42.9 Å². The van der Waals surface area contributed by atoms with Gasteiger partial charge in [-0.2, -0.15) is 0 Å². The lowest BCUT2D eigenvalue weighted by atomic mass is 9.95. The van der Waals surface area contributed by atoms with Gasteiger partial charge in [-0.1, -0.05) is 25.1 Å². The van der Waals surface area contributed by atoms with Crippen LogP contribution in [0.25, 0.3) is 0 Å². The number of aryl methyl sites for hydroxylation is 2. The quantitative estimate of drug-likeness (QED) is 0.834. The van der Waals surface area contributed by atoms with E-state index in [1.165, 1.54) is 42.4 Å². The third-order valence-corrected chi connectivity index (χ3v) is 4.13. The predicted molar refractivity (Wildman–Crippen MR) is 74.4 cm³/mol. The van der Waals surface area contributed by atoms with Crippen molar-refractivity contribution >= 4 is 0 Å². The monoisotopic (exact) mass is 231 g/mol. The molecule has 1 aromatic rings. The molecule has 0 amide bonds. The second-order valence-electron chi connectivity index (χ2n) is 5.56. The third kappa shape index (κ3) is 3.32. The van der Waals surface area contributed by atoms with Gasteiger partial charge >= 0.3 is 0 Å². The van der Waals surface area contributed by atoms with Crippen molar-refractivity contribution in [2.75, 3.05) is 6.54 Å². The van der Waals surface area contributed by atoms with Gasteiger partial charge in [0.25, 0.3) is 0 Å². The maximum atomic E-state index is 3.58. The maximum Gasteiger partial charge on any atom is 0.00698 e. The van der Waals surface area contributed by atoms with Crippen LogP contribution in [0.2, 0.25) is 0 Å². The molecule has 1 aliphatic rings. The molecule has 0 heterocycles. The SMILES string of the molecule is CCNC1CCC(Cc2ccc(C)c(C)c2)C1. The highest BCUT2D eigenvalue weighted by molar-refractivity contribution is 5.30. The fourth-order valence-corrected chi connectivity index (χ4v) is 3.00. The number of benzene rings is 1. The Labute approximate surface area is 106 Å². The van der Waals surface area contributed by atoms with Gasteiger partial charge < -0.3 is 5.32 Å². The molecule has 1 N–H and O–H groups in total. The van der Waals surface area contributed by atoms with Crippen LogP contribution >= 0.6 is 0 Å². The molecule has 1 heteroatoms. The van der Waals surface area contributed by atoms with Crippen molar-refractivity contribution in [3.8, 4) is 0 Å². The molecule has 1 aromatic carbocycles. The van der Waals surface area contributed by atoms with Gasteiger partial charge in [0.15, 0.2) is 0 Å². The summed E-state index contributed by atoms with van der Waals surface area (Å²) in [6, 6.07) is 7.72. The zero-order valence-corrected chi connectivity index (χ0v) is 11.4. The van der Waals surface area contributed by atoms with Gasteiger partial charge in [-0.25, -0.2) is 0 Å². The molecule has 0 radical (unpaired) electrons. The number of hydrogen-bond acceptors (Lipinski definition) is 1. The van der Waals surface area contributed by atoms with Crippen LogP contribution in [-0.4, -0.2) is 12.6 Å². The van der Waals surface area contributed by atoms with Crippen LogP contribution in [0, 0.1) is 19.8 Å². The van der Waals surface area contributed by atoms with E-state index in [0.29, 0.717) is 0 Å². The van der Waals surface area contributed by atoms with Crippen LogP contribution in [0.5, 0.6) is 0 Å². The lowest BCUT2D eigenvalue weighted by Gasteiger charge is -2.13. The van der Waals surface area contributed by atoms with Gasteiger partial charge in [0.2, 0.25) is 0 Å². The Morgan fingerprint density at radius 3 is 2.71 bits per heavy atom. The van der Waals surface area contributed by atoms with Gasteiger partial charge in [-0.3, -0.25) is 0 Å². The van der Waals surface area contributed by atoms with Crippen LogP contribution < -0.4 is 5.32 Å². The fraction of sp³-hybridized carbons (Fsp3) is 0.625. The molecule has 1 nitrogen and oxygen atoms in total. The van der Waals surface area contributed by atoms with Crippen molar-refractivity contribution < 1.29 is 0 Å². The van der Waals surface area contributed by atoms with E-state index >= 15 is 0 Å². The number of nitrogens with one attached hydrogen (secondary N) is 1. The summed E-state index contributed by atoms with van der Waals surface area (Å²) in [6.07, 6.45) is 5.39. The molecule has 2 unspecified atom stereocenters. The number of hydrogen-bond donors (Lipinski definition) is 1. The van der Waals surface area contributed by atoms with Gasteiger partial charge in [0.05, 0.1) is 0 Å². The van der Waals surface area contributed by atoms with Gasteiger partial charge in [-0.05, 0) is 68.7 Å². The average molecular weight is 231 g/mol. The Morgan fingerprint density at radius 1 is 1.18 bits per heavy atom. The van der Waals surface area contributed by atoms with Crippen LogP contribution in [-0.2, 0) is 6.42 Å². The van der Waals surface area contributed by atoms with Gasteiger partial charge in [0.1, 0.15) is 0 Å². The molecule has 0 bridgehead atoms. The Bertz CT molecular complexity index is 370. The van der Waals surface area contributed by atoms with Crippen LogP contribution in [0.4, 0.5) is 0 Å². The van der Waals surface area contributed by atoms with E-state index in [9.17, 15) is 0 Å². The normalized spacial score (nSPS) is 24.2. The summed E-state index contributed by atoms with van der Waals surface area (Å²) in [5.41, 5.74) is 4.37. The number of rotatable bonds is 4. The zero-order valence-electron chi connectivity index (χ0n) is 11.4. The lowest BCUT2D eigenvalue weighted by Crippen LogP contribution is -2.25. The highest BCUT2D eigenvalue weighted by Crippen LogP contribution is 2.29. The smallest absolute Gasteiger partial charge is 0.00698 e. The Balaban J connectivity index is 1.91. The second kappa shape index (κ2) is 5.68. The summed E-state index contributed by atoms with van der Waals surface area (Å²) >= 11 is 0. The molecule has 17 heavy (non-hydrogen) atoms. The third-order valence-electron chi connectivity index (χ3n) is 4.13. The Kier molecular flexibility index (Phi) is 4.22. The molecule has 2 atom stereocenters. The largest absolute Gasteiger partial charge is 0.314 e. The molecule has 0 aliphatic heterocycles. The van der Waals surface area contributed by atoms with Crippen molar-refractivity contribution in [1.29, 1.82) is 0 Å². The van der Waals surface area contributed by atoms with E-state index in [0.717, 1.165) is 18.5 Å². The summed E-state index contributed by atoms with van der Waals surface area (Å²) in [5, 5.41) is 3.58. The molecule has 1 fully saturated rings. The van der Waals surface area contributed by atoms with Crippen molar-refractivity contribution in [2.45, 2.75) is 52.5 Å². The molecular weight excluding hydrogens is 206 g/mol. The highest BCUT2D eigenvalue weighted by Gasteiger charge is 2.23. The molecule has 0 spiro atoms. The molecule has 1 saturated carbocycles. The molecular formula is C16H25N. The lowest BCUT2D eigenvalue weighted by molar-refractivity contribution is 0.493. The molecule has 1 aliphatic carbocycles. The standard InChI is InChI=1S/C16H25N/c1-4-17-16-8-7-15(11-16)10-14-6-5-12(2)13(3)9-14/h5-6,9,15-17H,4,7-8,10-11H2,1-3H3. The first kappa shape index (κ1) is 12.6. The topological polar surface area (TPSA) is 12.0 Å². The van der Waals surface area contributed by atoms with E-state index in [4.69, 9.17) is 0 Å². The minimum atomic E-state index is 0.775. The van der Waals surface area contributed by atoms with E-state index in [1.807, 2.05) is 0 Å². The second-order valence-corrected chi connectivity index (χ2v) is 5.56. The zero-order chi connectivity index (χ0) is 12.3. The molecule has 0 aromatic heterocycles. The minimum Gasteiger partial charge on any atom is -0.314 e. The first-order valence-electron chi connectivity index (χ1n) is 6.98. The first-order chi connectivity index (χ1) is 8.19. The van der Waals surface area contributed by atoms with E-state index < -0.39 is 0 Å². The predicted octanol–water partition coefficient (Wildman–Crippen LogP) is 3.62. The highest BCUT2D eigenvalue weighted by atomic mass is 14.9. The average Bonchev–Trinajstić information content (AvgIpc) is 2.72. The van der Waals surface area contributed by atoms with E-state index in [-0.39, 0.29) is 0 Å². The fourth-order valence-electron chi connectivity index (χ4n) is 3.00. The van der Waals surface area contributed by atoms with Gasteiger partial charge in [0, 0.05) is 6.04 Å². The summed E-state index contributed by atoms with van der Waals surface area (Å²) in [5.74, 6) is 0.890. The van der Waals surface area contributed by atoms with Crippen molar-refractivity contribution in [1.82, 2.24) is 5.32 Å². The maximum absolute atomic E-state index is 3.58. The Morgan fingerprint density at radius 2 is 2.00 bits per heavy atom.